The number of hydrogen-bond acceptors (Lipinski definition) is 9. The molecule has 0 saturated carbocycles. The van der Waals surface area contributed by atoms with E-state index < -0.39 is 23.7 Å². The molecule has 1 aliphatic rings. The average Bonchev–Trinajstić information content (AvgIpc) is 2.84. The fourth-order valence-electron chi connectivity index (χ4n) is 3.68. The number of rotatable bonds is 9. The molecule has 0 aliphatic carbocycles. The Balaban J connectivity index is 1.84. The van der Waals surface area contributed by atoms with Crippen LogP contribution < -0.4 is 23.3 Å². The van der Waals surface area contributed by atoms with E-state index in [1.54, 1.807) is 14.2 Å². The predicted octanol–water partition coefficient (Wildman–Crippen LogP) is 7.05. The molecular weight excluding hydrogens is 519 g/mol. The summed E-state index contributed by atoms with van der Waals surface area (Å²) < 4.78 is 42.3. The van der Waals surface area contributed by atoms with Crippen molar-refractivity contribution >= 4 is 23.7 Å². The molecule has 3 aromatic carbocycles. The average molecular weight is 553 g/mol. The Morgan fingerprint density at radius 3 is 1.72 bits per heavy atom. The second-order valence-electron chi connectivity index (χ2n) is 8.39. The summed E-state index contributed by atoms with van der Waals surface area (Å²) in [4.78, 5) is 6.74. The normalized spacial score (nSPS) is 22.1. The first-order valence-electron chi connectivity index (χ1n) is 11.4. The molecule has 12 heteroatoms. The maximum atomic E-state index is 6.49. The van der Waals surface area contributed by atoms with Crippen molar-refractivity contribution in [2.45, 2.75) is 20.8 Å². The Hall–Kier alpha value is -2.05. The van der Waals surface area contributed by atoms with E-state index in [-0.39, 0.29) is 0 Å². The van der Waals surface area contributed by atoms with Crippen molar-refractivity contribution in [1.29, 1.82) is 0 Å². The van der Waals surface area contributed by atoms with Crippen LogP contribution in [0, 0.1) is 20.8 Å². The van der Waals surface area contributed by atoms with Crippen LogP contribution in [0.4, 0.5) is 0 Å². The van der Waals surface area contributed by atoms with Gasteiger partial charge in [0.1, 0.15) is 0 Å². The Labute approximate surface area is 213 Å². The second kappa shape index (κ2) is 11.1. The van der Waals surface area contributed by atoms with E-state index in [0.29, 0.717) is 17.2 Å². The van der Waals surface area contributed by atoms with Crippen LogP contribution in [0.25, 0.3) is 0 Å². The maximum absolute atomic E-state index is 6.49. The van der Waals surface area contributed by atoms with Crippen molar-refractivity contribution in [3.05, 3.63) is 89.5 Å². The van der Waals surface area contributed by atoms with Crippen LogP contribution in [-0.4, -0.2) is 21.3 Å². The Bertz CT molecular complexity index is 1280. The molecule has 4 rings (SSSR count). The molecule has 196 valence electrons. The fraction of sp³-hybridized carbons (Fsp3) is 0.250. The summed E-state index contributed by atoms with van der Waals surface area (Å²) in [7, 11) is -5.80. The number of aryl methyl sites for hydroxylation is 3. The van der Waals surface area contributed by atoms with E-state index in [0.717, 1.165) is 16.7 Å². The fourth-order valence-corrected chi connectivity index (χ4v) is 15.1. The van der Waals surface area contributed by atoms with Crippen LogP contribution >= 0.6 is 23.7 Å². The minimum atomic E-state index is -3.64. The Morgan fingerprint density at radius 2 is 1.22 bits per heavy atom. The number of nitrogens with zero attached hydrogens (tertiary/aromatic N) is 1. The van der Waals surface area contributed by atoms with Crippen molar-refractivity contribution in [2.75, 3.05) is 21.3 Å². The summed E-state index contributed by atoms with van der Waals surface area (Å²) in [6.07, 6.45) is 0. The van der Waals surface area contributed by atoms with E-state index in [9.17, 15) is 0 Å². The molecule has 36 heavy (non-hydrogen) atoms. The third-order valence-electron chi connectivity index (χ3n) is 5.40. The van der Waals surface area contributed by atoms with Gasteiger partial charge in [-0.05, 0) is 0 Å². The molecule has 3 aromatic rings. The van der Waals surface area contributed by atoms with Crippen LogP contribution in [0.2, 0.25) is 0 Å². The van der Waals surface area contributed by atoms with Crippen LogP contribution in [-0.2, 0) is 13.6 Å². The van der Waals surface area contributed by atoms with E-state index in [1.165, 1.54) is 7.11 Å². The standard InChI is InChI=1S/C24H34N3O6P3/c1-19-10-7-13-22(16-19)31-34(28-4)25-35(29-5,32-23-14-8-11-20(2)17-23)27-36(26-34,30-6)33-24-15-9-12-21(3)18-24/h7-18,25-26,34-35H,1-6H3. The summed E-state index contributed by atoms with van der Waals surface area (Å²) in [5, 5.41) is 0. The zero-order valence-electron chi connectivity index (χ0n) is 21.3. The topological polar surface area (TPSA) is 91.8 Å². The first kappa shape index (κ1) is 27.0. The van der Waals surface area contributed by atoms with Gasteiger partial charge in [-0.3, -0.25) is 0 Å². The van der Waals surface area contributed by atoms with E-state index in [4.69, 9.17) is 31.7 Å². The molecule has 0 fully saturated rings. The van der Waals surface area contributed by atoms with Gasteiger partial charge in [0.2, 0.25) is 0 Å². The van der Waals surface area contributed by atoms with Crippen molar-refractivity contribution < 1.29 is 27.1 Å². The molecule has 0 aromatic heterocycles. The monoisotopic (exact) mass is 553 g/mol. The predicted molar refractivity (Wildman–Crippen MR) is 149 cm³/mol. The molecule has 1 unspecified atom stereocenters. The third kappa shape index (κ3) is 6.25. The van der Waals surface area contributed by atoms with Crippen LogP contribution in [0.3, 0.4) is 0 Å². The summed E-state index contributed by atoms with van der Waals surface area (Å²) in [6, 6.07) is 23.0. The summed E-state index contributed by atoms with van der Waals surface area (Å²) >= 11 is 0. The molecule has 9 nitrogen and oxygen atoms in total. The number of benzene rings is 3. The van der Waals surface area contributed by atoms with E-state index in [1.807, 2.05) is 93.6 Å². The molecule has 1 heterocycles. The molecule has 0 bridgehead atoms. The molecule has 1 aliphatic heterocycles. The molecule has 1 atom stereocenters. The van der Waals surface area contributed by atoms with Crippen molar-refractivity contribution in [2.24, 2.45) is 4.52 Å². The van der Waals surface area contributed by atoms with Crippen molar-refractivity contribution in [1.82, 2.24) is 9.72 Å². The van der Waals surface area contributed by atoms with Gasteiger partial charge in [-0.1, -0.05) is 0 Å². The molecule has 0 amide bonds. The quantitative estimate of drug-likeness (QED) is 0.273. The van der Waals surface area contributed by atoms with Crippen LogP contribution in [0.15, 0.2) is 77.3 Å². The molecular formula is C24H34N3O6P3. The molecule has 0 saturated heterocycles. The van der Waals surface area contributed by atoms with Gasteiger partial charge >= 0.3 is 214 Å². The van der Waals surface area contributed by atoms with Gasteiger partial charge < -0.3 is 0 Å². The van der Waals surface area contributed by atoms with Gasteiger partial charge in [-0.15, -0.1) is 0 Å². The van der Waals surface area contributed by atoms with Gasteiger partial charge in [0.15, 0.2) is 0 Å². The SMILES string of the molecule is COP1(Oc2cccc(C)c2)=N[PH](OC)(Oc2cccc(C)c2)N[PH](OC)(Oc2cccc(C)c2)N1. The van der Waals surface area contributed by atoms with Gasteiger partial charge in [-0.25, -0.2) is 0 Å². The number of nitrogens with one attached hydrogen (secondary N) is 2. The second-order valence-corrected chi connectivity index (χ2v) is 16.3. The third-order valence-corrected chi connectivity index (χ3v) is 15.5. The van der Waals surface area contributed by atoms with Gasteiger partial charge in [0, 0.05) is 0 Å². The Kier molecular flexibility index (Phi) is 8.35. The zero-order chi connectivity index (χ0) is 25.8. The molecule has 0 radical (unpaired) electrons. The molecule has 0 spiro atoms. The molecule has 2 N–H and O–H groups in total. The zero-order valence-corrected chi connectivity index (χ0v) is 24.2. The summed E-state index contributed by atoms with van der Waals surface area (Å²) in [5.41, 5.74) is 3.12. The van der Waals surface area contributed by atoms with E-state index >= 15 is 0 Å². The van der Waals surface area contributed by atoms with Crippen LogP contribution in [0.1, 0.15) is 16.7 Å². The minimum absolute atomic E-state index is 0.590. The van der Waals surface area contributed by atoms with E-state index in [2.05, 4.69) is 9.72 Å². The first-order chi connectivity index (χ1) is 17.2. The van der Waals surface area contributed by atoms with Gasteiger partial charge in [0.05, 0.1) is 0 Å². The number of hydrogen-bond donors (Lipinski definition) is 2. The summed E-state index contributed by atoms with van der Waals surface area (Å²) in [5.74, 6) is 1.80. The van der Waals surface area contributed by atoms with Crippen molar-refractivity contribution in [3.8, 4) is 17.2 Å². The first-order valence-corrected chi connectivity index (χ1v) is 16.5. The van der Waals surface area contributed by atoms with Gasteiger partial charge in [0.25, 0.3) is 0 Å². The van der Waals surface area contributed by atoms with Gasteiger partial charge in [-0.2, -0.15) is 0 Å². The Morgan fingerprint density at radius 1 is 0.694 bits per heavy atom. The summed E-state index contributed by atoms with van der Waals surface area (Å²) in [6.45, 7) is 5.97. The van der Waals surface area contributed by atoms with Crippen LogP contribution in [0.5, 0.6) is 17.2 Å². The van der Waals surface area contributed by atoms with Crippen molar-refractivity contribution in [3.63, 3.8) is 0 Å².